The predicted molar refractivity (Wildman–Crippen MR) is 118 cm³/mol. The zero-order valence-corrected chi connectivity index (χ0v) is 18.9. The second-order valence-electron chi connectivity index (χ2n) is 7.53. The molecule has 0 bridgehead atoms. The minimum Gasteiger partial charge on any atom is -0.452 e. The second-order valence-corrected chi connectivity index (χ2v) is 9.06. The Morgan fingerprint density at radius 2 is 1.76 bits per heavy atom. The van der Waals surface area contributed by atoms with E-state index in [-0.39, 0.29) is 27.3 Å². The van der Waals surface area contributed by atoms with E-state index in [1.165, 1.54) is 36.4 Å². The number of unbranched alkanes of at least 4 members (excludes halogenated alkanes) is 1. The van der Waals surface area contributed by atoms with E-state index in [9.17, 15) is 27.6 Å². The summed E-state index contributed by atoms with van der Waals surface area (Å²) in [5.74, 6) is -2.43. The fraction of sp³-hybridized carbons (Fsp3) is 0.273. The minimum absolute atomic E-state index is 0.0203. The lowest BCUT2D eigenvalue weighted by molar-refractivity contribution is -0.119. The van der Waals surface area contributed by atoms with Crippen LogP contribution < -0.4 is 10.5 Å². The number of fused-ring (bicyclic) bond motifs is 1. The van der Waals surface area contributed by atoms with Gasteiger partial charge in [0.25, 0.3) is 17.7 Å². The quantitative estimate of drug-likeness (QED) is 0.438. The Labute approximate surface area is 190 Å². The molecule has 33 heavy (non-hydrogen) atoms. The summed E-state index contributed by atoms with van der Waals surface area (Å²) >= 11 is 0. The van der Waals surface area contributed by atoms with E-state index in [1.807, 2.05) is 6.92 Å². The van der Waals surface area contributed by atoms with Crippen molar-refractivity contribution in [1.82, 2.24) is 4.90 Å². The van der Waals surface area contributed by atoms with Crippen LogP contribution in [0, 0.1) is 6.92 Å². The van der Waals surface area contributed by atoms with Crippen molar-refractivity contribution in [1.29, 1.82) is 0 Å². The summed E-state index contributed by atoms with van der Waals surface area (Å²) in [5.41, 5.74) is 0.937. The summed E-state index contributed by atoms with van der Waals surface area (Å²) < 4.78 is 28.2. The normalized spacial score (nSPS) is 13.1. The molecular formula is C22H23N3O7S. The Morgan fingerprint density at radius 1 is 1.06 bits per heavy atom. The van der Waals surface area contributed by atoms with Crippen molar-refractivity contribution in [2.75, 3.05) is 18.5 Å². The van der Waals surface area contributed by atoms with Crippen molar-refractivity contribution in [3.05, 3.63) is 58.7 Å². The number of imide groups is 1. The van der Waals surface area contributed by atoms with Crippen LogP contribution in [-0.2, 0) is 19.6 Å². The molecule has 1 aliphatic rings. The Hall–Kier alpha value is -3.57. The van der Waals surface area contributed by atoms with Crippen LogP contribution in [0.2, 0.25) is 0 Å². The third kappa shape index (κ3) is 5.26. The summed E-state index contributed by atoms with van der Waals surface area (Å²) in [6, 6.07) is 8.19. The zero-order valence-electron chi connectivity index (χ0n) is 18.1. The molecule has 174 valence electrons. The monoisotopic (exact) mass is 473 g/mol. The SMILES string of the molecule is CCCCN1C(=O)c2ccc(C(=O)OCC(=O)Nc3ccc(C)c(S(N)(=O)=O)c3)cc2C1=O. The molecule has 3 N–H and O–H groups in total. The number of anilines is 1. The molecule has 0 fully saturated rings. The fourth-order valence-corrected chi connectivity index (χ4v) is 4.14. The van der Waals surface area contributed by atoms with Gasteiger partial charge < -0.3 is 10.1 Å². The molecule has 0 aliphatic carbocycles. The van der Waals surface area contributed by atoms with Crippen molar-refractivity contribution < 1.29 is 32.3 Å². The van der Waals surface area contributed by atoms with E-state index in [1.54, 1.807) is 6.92 Å². The highest BCUT2D eigenvalue weighted by molar-refractivity contribution is 7.89. The van der Waals surface area contributed by atoms with Gasteiger partial charge >= 0.3 is 5.97 Å². The number of nitrogens with two attached hydrogens (primary N) is 1. The number of aryl methyl sites for hydroxylation is 1. The van der Waals surface area contributed by atoms with Gasteiger partial charge in [-0.1, -0.05) is 19.4 Å². The number of carbonyl (C=O) groups is 4. The Balaban J connectivity index is 1.64. The average molecular weight is 474 g/mol. The number of primary sulfonamides is 1. The molecule has 0 saturated heterocycles. The molecule has 3 rings (SSSR count). The number of esters is 1. The largest absolute Gasteiger partial charge is 0.452 e. The minimum atomic E-state index is -3.97. The number of hydrogen-bond donors (Lipinski definition) is 2. The molecule has 0 radical (unpaired) electrons. The number of nitrogens with zero attached hydrogens (tertiary/aromatic N) is 1. The van der Waals surface area contributed by atoms with Crippen molar-refractivity contribution >= 4 is 39.4 Å². The van der Waals surface area contributed by atoms with E-state index in [0.717, 1.165) is 11.3 Å². The zero-order chi connectivity index (χ0) is 24.3. The molecule has 1 heterocycles. The van der Waals surface area contributed by atoms with Gasteiger partial charge in [0.1, 0.15) is 0 Å². The third-order valence-electron chi connectivity index (χ3n) is 5.05. The number of hydrogen-bond acceptors (Lipinski definition) is 7. The number of sulfonamides is 1. The smallest absolute Gasteiger partial charge is 0.338 e. The number of rotatable bonds is 8. The standard InChI is InChI=1S/C22H23N3O7S/c1-3-4-9-25-20(27)16-8-6-14(10-17(16)21(25)28)22(29)32-12-19(26)24-15-7-5-13(2)18(11-15)33(23,30)31/h5-8,10-11H,3-4,9,12H2,1-2H3,(H,24,26)(H2,23,30,31). The van der Waals surface area contributed by atoms with Gasteiger partial charge in [0.2, 0.25) is 10.0 Å². The number of amides is 3. The molecule has 10 nitrogen and oxygen atoms in total. The van der Waals surface area contributed by atoms with E-state index in [0.29, 0.717) is 18.5 Å². The van der Waals surface area contributed by atoms with Crippen molar-refractivity contribution in [2.45, 2.75) is 31.6 Å². The third-order valence-corrected chi connectivity index (χ3v) is 6.11. The van der Waals surface area contributed by atoms with Crippen LogP contribution >= 0.6 is 0 Å². The van der Waals surface area contributed by atoms with Gasteiger partial charge in [0, 0.05) is 12.2 Å². The van der Waals surface area contributed by atoms with Crippen molar-refractivity contribution in [3.63, 3.8) is 0 Å². The molecular weight excluding hydrogens is 450 g/mol. The highest BCUT2D eigenvalue weighted by Crippen LogP contribution is 2.25. The Morgan fingerprint density at radius 3 is 2.42 bits per heavy atom. The predicted octanol–water partition coefficient (Wildman–Crippen LogP) is 1.83. The summed E-state index contributed by atoms with van der Waals surface area (Å²) in [4.78, 5) is 50.4. The molecule has 11 heteroatoms. The maximum Gasteiger partial charge on any atom is 0.338 e. The van der Waals surface area contributed by atoms with E-state index < -0.39 is 40.3 Å². The molecule has 0 spiro atoms. The molecule has 3 amide bonds. The lowest BCUT2D eigenvalue weighted by atomic mass is 10.1. The van der Waals surface area contributed by atoms with Gasteiger partial charge in [0.05, 0.1) is 21.6 Å². The van der Waals surface area contributed by atoms with Gasteiger partial charge in [-0.25, -0.2) is 18.4 Å². The summed E-state index contributed by atoms with van der Waals surface area (Å²) in [6.07, 6.45) is 1.49. The van der Waals surface area contributed by atoms with Gasteiger partial charge in [-0.15, -0.1) is 0 Å². The molecule has 1 aliphatic heterocycles. The van der Waals surface area contributed by atoms with Crippen LogP contribution in [0.3, 0.4) is 0 Å². The molecule has 0 atom stereocenters. The maximum absolute atomic E-state index is 12.5. The first-order valence-electron chi connectivity index (χ1n) is 10.1. The Kier molecular flexibility index (Phi) is 6.94. The van der Waals surface area contributed by atoms with Crippen molar-refractivity contribution in [2.24, 2.45) is 5.14 Å². The first-order chi connectivity index (χ1) is 15.5. The number of ether oxygens (including phenoxy) is 1. The highest BCUT2D eigenvalue weighted by atomic mass is 32.2. The van der Waals surface area contributed by atoms with Gasteiger partial charge in [-0.3, -0.25) is 19.3 Å². The van der Waals surface area contributed by atoms with Gasteiger partial charge in [-0.2, -0.15) is 0 Å². The number of carbonyl (C=O) groups excluding carboxylic acids is 4. The van der Waals surface area contributed by atoms with Gasteiger partial charge in [-0.05, 0) is 49.2 Å². The molecule has 2 aromatic carbocycles. The molecule has 0 aromatic heterocycles. The van der Waals surface area contributed by atoms with Gasteiger partial charge in [0.15, 0.2) is 6.61 Å². The van der Waals surface area contributed by atoms with Crippen LogP contribution in [0.5, 0.6) is 0 Å². The van der Waals surface area contributed by atoms with Crippen LogP contribution in [-0.4, -0.2) is 50.2 Å². The summed E-state index contributed by atoms with van der Waals surface area (Å²) in [6.45, 7) is 3.16. The van der Waals surface area contributed by atoms with Crippen LogP contribution in [0.1, 0.15) is 56.4 Å². The first kappa shape index (κ1) is 24.1. The topological polar surface area (TPSA) is 153 Å². The number of benzene rings is 2. The maximum atomic E-state index is 12.5. The van der Waals surface area contributed by atoms with E-state index >= 15 is 0 Å². The average Bonchev–Trinajstić information content (AvgIpc) is 3.00. The van der Waals surface area contributed by atoms with Crippen LogP contribution in [0.15, 0.2) is 41.3 Å². The van der Waals surface area contributed by atoms with Crippen molar-refractivity contribution in [3.8, 4) is 0 Å². The van der Waals surface area contributed by atoms with Crippen LogP contribution in [0.25, 0.3) is 0 Å². The highest BCUT2D eigenvalue weighted by Gasteiger charge is 2.35. The lowest BCUT2D eigenvalue weighted by Crippen LogP contribution is -2.30. The first-order valence-corrected chi connectivity index (χ1v) is 11.7. The Bertz CT molecular complexity index is 1250. The molecule has 2 aromatic rings. The summed E-state index contributed by atoms with van der Waals surface area (Å²) in [5, 5.41) is 7.58. The number of nitrogens with one attached hydrogen (secondary N) is 1. The second kappa shape index (κ2) is 9.51. The molecule has 0 unspecified atom stereocenters. The van der Waals surface area contributed by atoms with E-state index in [4.69, 9.17) is 9.88 Å². The van der Waals surface area contributed by atoms with Crippen LogP contribution in [0.4, 0.5) is 5.69 Å². The summed E-state index contributed by atoms with van der Waals surface area (Å²) in [7, 11) is -3.97. The van der Waals surface area contributed by atoms with E-state index in [2.05, 4.69) is 5.32 Å². The lowest BCUT2D eigenvalue weighted by Gasteiger charge is -2.12. The fourth-order valence-electron chi connectivity index (χ4n) is 3.33. The molecule has 0 saturated carbocycles.